The van der Waals surface area contributed by atoms with Gasteiger partial charge in [0.05, 0.1) is 5.92 Å². The van der Waals surface area contributed by atoms with Crippen LogP contribution in [0.1, 0.15) is 18.4 Å². The second-order valence-corrected chi connectivity index (χ2v) is 5.80. The van der Waals surface area contributed by atoms with Crippen molar-refractivity contribution >= 4 is 17.5 Å². The molecule has 0 radical (unpaired) electrons. The molecule has 1 aliphatic heterocycles. The van der Waals surface area contributed by atoms with Crippen molar-refractivity contribution in [3.8, 4) is 5.75 Å². The number of rotatable bonds is 5. The summed E-state index contributed by atoms with van der Waals surface area (Å²) in [6.07, 6.45) is 1.85. The van der Waals surface area contributed by atoms with Crippen LogP contribution in [-0.2, 0) is 11.3 Å². The highest BCUT2D eigenvalue weighted by atomic mass is 35.5. The molecule has 1 aliphatic rings. The Hall–Kier alpha value is -1.30. The molecule has 1 amide bonds. The second kappa shape index (κ2) is 7.64. The quantitative estimate of drug-likeness (QED) is 0.766. The summed E-state index contributed by atoms with van der Waals surface area (Å²) in [4.78, 5) is 14.2. The van der Waals surface area contributed by atoms with Crippen molar-refractivity contribution in [2.75, 3.05) is 26.2 Å². The molecule has 1 unspecified atom stereocenters. The number of carbonyl (C=O) groups is 1. The van der Waals surface area contributed by atoms with E-state index < -0.39 is 0 Å². The van der Waals surface area contributed by atoms with Gasteiger partial charge in [0.25, 0.3) is 0 Å². The minimum Gasteiger partial charge on any atom is -0.508 e. The summed E-state index contributed by atoms with van der Waals surface area (Å²) in [5.74, 6) is 0.251. The van der Waals surface area contributed by atoms with Gasteiger partial charge in [-0.25, -0.2) is 0 Å². The number of phenolic OH excluding ortho intramolecular Hbond substituents is 1. The third-order valence-corrected chi connectivity index (χ3v) is 4.15. The standard InChI is InChI=1S/C15H22ClN3O2/c16-13-4-1-5-14(20)12(13)10-19-8-2-3-11(9-19)15(21)18-7-6-17/h1,4-5,11,20H,2-3,6-10,17H2,(H,18,21). The van der Waals surface area contributed by atoms with E-state index in [0.717, 1.165) is 24.9 Å². The van der Waals surface area contributed by atoms with Crippen LogP contribution in [0.2, 0.25) is 5.02 Å². The minimum atomic E-state index is -0.0186. The van der Waals surface area contributed by atoms with E-state index in [-0.39, 0.29) is 17.6 Å². The van der Waals surface area contributed by atoms with Crippen LogP contribution in [0, 0.1) is 5.92 Å². The SMILES string of the molecule is NCCNC(=O)C1CCCN(Cc2c(O)cccc2Cl)C1. The molecule has 5 nitrogen and oxygen atoms in total. The first-order chi connectivity index (χ1) is 10.1. The zero-order valence-corrected chi connectivity index (χ0v) is 12.8. The lowest BCUT2D eigenvalue weighted by Crippen LogP contribution is -2.43. The van der Waals surface area contributed by atoms with Crippen LogP contribution in [0.5, 0.6) is 5.75 Å². The van der Waals surface area contributed by atoms with E-state index in [0.29, 0.717) is 31.2 Å². The Kier molecular flexibility index (Phi) is 5.85. The number of halogens is 1. The van der Waals surface area contributed by atoms with Crippen LogP contribution in [0.25, 0.3) is 0 Å². The first-order valence-electron chi connectivity index (χ1n) is 7.28. The van der Waals surface area contributed by atoms with Crippen LogP contribution in [0.15, 0.2) is 18.2 Å². The Labute approximate surface area is 130 Å². The maximum Gasteiger partial charge on any atom is 0.224 e. The van der Waals surface area contributed by atoms with Gasteiger partial charge in [-0.05, 0) is 31.5 Å². The Balaban J connectivity index is 1.96. The molecule has 0 bridgehead atoms. The number of nitrogens with two attached hydrogens (primary N) is 1. The lowest BCUT2D eigenvalue weighted by atomic mass is 9.96. The highest BCUT2D eigenvalue weighted by Gasteiger charge is 2.26. The number of carbonyl (C=O) groups excluding carboxylic acids is 1. The van der Waals surface area contributed by atoms with Gasteiger partial charge in [0, 0.05) is 36.8 Å². The number of hydrogen-bond donors (Lipinski definition) is 3. The van der Waals surface area contributed by atoms with E-state index in [2.05, 4.69) is 10.2 Å². The molecule has 1 fully saturated rings. The summed E-state index contributed by atoms with van der Waals surface area (Å²) < 4.78 is 0. The van der Waals surface area contributed by atoms with Gasteiger partial charge in [-0.15, -0.1) is 0 Å². The molecule has 1 aromatic rings. The molecule has 6 heteroatoms. The fourth-order valence-electron chi connectivity index (χ4n) is 2.68. The average molecular weight is 312 g/mol. The van der Waals surface area contributed by atoms with E-state index >= 15 is 0 Å². The predicted octanol–water partition coefficient (Wildman–Crippen LogP) is 1.33. The van der Waals surface area contributed by atoms with E-state index in [4.69, 9.17) is 17.3 Å². The molecule has 1 aromatic carbocycles. The van der Waals surface area contributed by atoms with E-state index in [1.807, 2.05) is 0 Å². The van der Waals surface area contributed by atoms with Gasteiger partial charge in [-0.3, -0.25) is 9.69 Å². The maximum atomic E-state index is 12.0. The number of nitrogens with one attached hydrogen (secondary N) is 1. The van der Waals surface area contributed by atoms with Gasteiger partial charge < -0.3 is 16.2 Å². The molecule has 0 aromatic heterocycles. The molecule has 1 saturated heterocycles. The maximum absolute atomic E-state index is 12.0. The lowest BCUT2D eigenvalue weighted by molar-refractivity contribution is -0.126. The minimum absolute atomic E-state index is 0.0186. The summed E-state index contributed by atoms with van der Waals surface area (Å²) in [6.45, 7) is 3.12. The summed E-state index contributed by atoms with van der Waals surface area (Å²) in [7, 11) is 0. The summed E-state index contributed by atoms with van der Waals surface area (Å²) in [6, 6.07) is 5.13. The molecule has 0 saturated carbocycles. The predicted molar refractivity (Wildman–Crippen MR) is 83.2 cm³/mol. The molecule has 0 spiro atoms. The number of hydrogen-bond acceptors (Lipinski definition) is 4. The number of likely N-dealkylation sites (tertiary alicyclic amines) is 1. The highest BCUT2D eigenvalue weighted by Crippen LogP contribution is 2.28. The summed E-state index contributed by atoms with van der Waals surface area (Å²) >= 11 is 6.14. The molecular formula is C15H22ClN3O2. The highest BCUT2D eigenvalue weighted by molar-refractivity contribution is 6.31. The van der Waals surface area contributed by atoms with Gasteiger partial charge in [0.15, 0.2) is 0 Å². The van der Waals surface area contributed by atoms with Gasteiger partial charge in [-0.2, -0.15) is 0 Å². The topological polar surface area (TPSA) is 78.6 Å². The van der Waals surface area contributed by atoms with Crippen molar-refractivity contribution in [3.63, 3.8) is 0 Å². The number of piperidine rings is 1. The van der Waals surface area contributed by atoms with Crippen molar-refractivity contribution < 1.29 is 9.90 Å². The third kappa shape index (κ3) is 4.33. The summed E-state index contributed by atoms with van der Waals surface area (Å²) in [5, 5.41) is 13.3. The number of amides is 1. The Morgan fingerprint density at radius 1 is 1.52 bits per heavy atom. The zero-order chi connectivity index (χ0) is 15.2. The van der Waals surface area contributed by atoms with Crippen molar-refractivity contribution in [1.82, 2.24) is 10.2 Å². The largest absolute Gasteiger partial charge is 0.508 e. The number of phenols is 1. The monoisotopic (exact) mass is 311 g/mol. The molecule has 1 atom stereocenters. The van der Waals surface area contributed by atoms with Crippen LogP contribution in [0.3, 0.4) is 0 Å². The van der Waals surface area contributed by atoms with Crippen molar-refractivity contribution in [1.29, 1.82) is 0 Å². The number of aromatic hydroxyl groups is 1. The smallest absolute Gasteiger partial charge is 0.224 e. The van der Waals surface area contributed by atoms with Gasteiger partial charge in [-0.1, -0.05) is 17.7 Å². The van der Waals surface area contributed by atoms with Gasteiger partial charge in [0.1, 0.15) is 5.75 Å². The molecular weight excluding hydrogens is 290 g/mol. The summed E-state index contributed by atoms with van der Waals surface area (Å²) in [5.41, 5.74) is 6.13. The van der Waals surface area contributed by atoms with Crippen LogP contribution >= 0.6 is 11.6 Å². The van der Waals surface area contributed by atoms with Gasteiger partial charge >= 0.3 is 0 Å². The van der Waals surface area contributed by atoms with Crippen LogP contribution in [0.4, 0.5) is 0 Å². The molecule has 2 rings (SSSR count). The number of nitrogens with zero attached hydrogens (tertiary/aromatic N) is 1. The molecule has 0 aliphatic carbocycles. The van der Waals surface area contributed by atoms with Crippen LogP contribution < -0.4 is 11.1 Å². The van der Waals surface area contributed by atoms with E-state index in [1.165, 1.54) is 0 Å². The molecule has 116 valence electrons. The Bertz CT molecular complexity index is 476. The molecule has 1 heterocycles. The van der Waals surface area contributed by atoms with Crippen LogP contribution in [-0.4, -0.2) is 42.1 Å². The van der Waals surface area contributed by atoms with Crippen molar-refractivity contribution in [2.45, 2.75) is 19.4 Å². The Morgan fingerprint density at radius 3 is 3.05 bits per heavy atom. The second-order valence-electron chi connectivity index (χ2n) is 5.39. The first-order valence-corrected chi connectivity index (χ1v) is 7.66. The Morgan fingerprint density at radius 2 is 2.33 bits per heavy atom. The first kappa shape index (κ1) is 16.1. The van der Waals surface area contributed by atoms with Crippen molar-refractivity contribution in [2.24, 2.45) is 11.7 Å². The lowest BCUT2D eigenvalue weighted by Gasteiger charge is -2.32. The fourth-order valence-corrected chi connectivity index (χ4v) is 2.91. The zero-order valence-electron chi connectivity index (χ0n) is 12.0. The average Bonchev–Trinajstić information content (AvgIpc) is 2.49. The van der Waals surface area contributed by atoms with E-state index in [9.17, 15) is 9.90 Å². The van der Waals surface area contributed by atoms with E-state index in [1.54, 1.807) is 18.2 Å². The van der Waals surface area contributed by atoms with Gasteiger partial charge in [0.2, 0.25) is 5.91 Å². The van der Waals surface area contributed by atoms with Crippen molar-refractivity contribution in [3.05, 3.63) is 28.8 Å². The third-order valence-electron chi connectivity index (χ3n) is 3.80. The normalized spacial score (nSPS) is 19.4. The molecule has 4 N–H and O–H groups in total. The fraction of sp³-hybridized carbons (Fsp3) is 0.533. The molecule has 21 heavy (non-hydrogen) atoms. The number of benzene rings is 1.